The number of hydrogen-bond donors (Lipinski definition) is 1. The molecule has 0 saturated carbocycles. The molecule has 2 aromatic carbocycles. The normalized spacial score (nSPS) is 13.6. The second-order valence-electron chi connectivity index (χ2n) is 8.22. The summed E-state index contributed by atoms with van der Waals surface area (Å²) in [6.45, 7) is 1.51. The van der Waals surface area contributed by atoms with Gasteiger partial charge in [0, 0.05) is 42.1 Å². The lowest BCUT2D eigenvalue weighted by Crippen LogP contribution is -2.41. The van der Waals surface area contributed by atoms with Gasteiger partial charge in [0.05, 0.1) is 5.56 Å². The van der Waals surface area contributed by atoms with E-state index < -0.39 is 17.3 Å². The molecule has 34 heavy (non-hydrogen) atoms. The fraction of sp³-hybridized carbons (Fsp3) is 0.320. The maximum absolute atomic E-state index is 13.3. The zero-order chi connectivity index (χ0) is 24.5. The first-order valence-electron chi connectivity index (χ1n) is 11.0. The van der Waals surface area contributed by atoms with Crippen molar-refractivity contribution in [2.75, 3.05) is 18.1 Å². The molecule has 0 atom stereocenters. The van der Waals surface area contributed by atoms with Crippen LogP contribution in [0.3, 0.4) is 0 Å². The Labute approximate surface area is 194 Å². The molecule has 0 spiro atoms. The molecular weight excluding hydrogens is 447 g/mol. The van der Waals surface area contributed by atoms with Crippen molar-refractivity contribution in [2.24, 2.45) is 0 Å². The summed E-state index contributed by atoms with van der Waals surface area (Å²) in [5.41, 5.74) is 1.44. The summed E-state index contributed by atoms with van der Waals surface area (Å²) < 4.78 is 40.3. The zero-order valence-corrected chi connectivity index (χ0v) is 18.6. The molecule has 6 nitrogen and oxygen atoms in total. The number of aromatic nitrogens is 2. The van der Waals surface area contributed by atoms with Crippen molar-refractivity contribution >= 4 is 11.6 Å². The van der Waals surface area contributed by atoms with Gasteiger partial charge in [-0.3, -0.25) is 14.2 Å². The molecular formula is C25H24F3N3O3. The number of aryl methyl sites for hydroxylation is 2. The number of aliphatic hydroxyl groups is 1. The molecule has 0 unspecified atom stereocenters. The summed E-state index contributed by atoms with van der Waals surface area (Å²) in [7, 11) is 0. The van der Waals surface area contributed by atoms with Crippen LogP contribution in [0, 0.1) is 6.92 Å². The Morgan fingerprint density at radius 1 is 1.12 bits per heavy atom. The van der Waals surface area contributed by atoms with Crippen LogP contribution in [0.2, 0.25) is 0 Å². The Morgan fingerprint density at radius 3 is 2.50 bits per heavy atom. The number of alkyl halides is 3. The van der Waals surface area contributed by atoms with E-state index in [0.29, 0.717) is 12.2 Å². The molecule has 0 bridgehead atoms. The topological polar surface area (TPSA) is 75.4 Å². The van der Waals surface area contributed by atoms with Crippen LogP contribution in [0.1, 0.15) is 28.8 Å². The van der Waals surface area contributed by atoms with Crippen LogP contribution in [-0.4, -0.2) is 33.7 Å². The Balaban J connectivity index is 1.77. The fourth-order valence-electron chi connectivity index (χ4n) is 4.29. The van der Waals surface area contributed by atoms with Gasteiger partial charge in [-0.1, -0.05) is 30.3 Å². The van der Waals surface area contributed by atoms with Crippen molar-refractivity contribution in [1.82, 2.24) is 9.55 Å². The summed E-state index contributed by atoms with van der Waals surface area (Å²) in [4.78, 5) is 32.8. The summed E-state index contributed by atoms with van der Waals surface area (Å²) in [6, 6.07) is 11.9. The van der Waals surface area contributed by atoms with Crippen molar-refractivity contribution < 1.29 is 23.1 Å². The molecule has 2 heterocycles. The highest BCUT2D eigenvalue weighted by atomic mass is 19.4. The third kappa shape index (κ3) is 4.61. The summed E-state index contributed by atoms with van der Waals surface area (Å²) in [6.07, 6.45) is -2.80. The van der Waals surface area contributed by atoms with E-state index in [1.165, 1.54) is 16.7 Å². The van der Waals surface area contributed by atoms with Crippen molar-refractivity contribution in [3.63, 3.8) is 0 Å². The molecule has 178 valence electrons. The maximum Gasteiger partial charge on any atom is 0.416 e. The highest BCUT2D eigenvalue weighted by Gasteiger charge is 2.30. The number of carbonyl (C=O) groups is 1. The lowest BCUT2D eigenvalue weighted by Gasteiger charge is -2.30. The number of nitrogens with zero attached hydrogens (tertiary/aromatic N) is 3. The number of benzene rings is 2. The number of rotatable bonds is 5. The van der Waals surface area contributed by atoms with Gasteiger partial charge in [-0.2, -0.15) is 13.2 Å². The second-order valence-corrected chi connectivity index (χ2v) is 8.22. The van der Waals surface area contributed by atoms with Crippen LogP contribution in [0.4, 0.5) is 18.9 Å². The molecule has 1 aromatic heterocycles. The number of amides is 1. The third-order valence-corrected chi connectivity index (χ3v) is 6.01. The van der Waals surface area contributed by atoms with Crippen molar-refractivity contribution in [3.8, 4) is 11.4 Å². The van der Waals surface area contributed by atoms with Crippen LogP contribution in [0.25, 0.3) is 11.4 Å². The minimum absolute atomic E-state index is 0.0612. The van der Waals surface area contributed by atoms with Crippen molar-refractivity contribution in [3.05, 3.63) is 81.3 Å². The minimum atomic E-state index is -4.50. The van der Waals surface area contributed by atoms with Crippen molar-refractivity contribution in [1.29, 1.82) is 0 Å². The van der Waals surface area contributed by atoms with Crippen LogP contribution >= 0.6 is 0 Å². The van der Waals surface area contributed by atoms with E-state index >= 15 is 0 Å². The number of fused-ring (bicyclic) bond motifs is 1. The standard InChI is InChI=1S/C25H24F3N3O3/c1-16-20(12-14-32)24(34)31(23(29-16)18-8-10-19(11-9-18)25(26,27)28)15-22(33)30-13-4-6-17-5-2-3-7-21(17)30/h2-3,5,7-11,32H,4,6,12-15H2,1H3. The number of aliphatic hydroxyl groups excluding tert-OH is 1. The van der Waals surface area contributed by atoms with Crippen molar-refractivity contribution in [2.45, 2.75) is 38.9 Å². The van der Waals surface area contributed by atoms with Gasteiger partial charge in [0.25, 0.3) is 5.56 Å². The van der Waals surface area contributed by atoms with Gasteiger partial charge in [-0.15, -0.1) is 0 Å². The van der Waals surface area contributed by atoms with Gasteiger partial charge in [0.2, 0.25) is 5.91 Å². The average Bonchev–Trinajstić information content (AvgIpc) is 2.82. The fourth-order valence-corrected chi connectivity index (χ4v) is 4.29. The highest BCUT2D eigenvalue weighted by molar-refractivity contribution is 5.94. The smallest absolute Gasteiger partial charge is 0.396 e. The molecule has 0 aliphatic carbocycles. The van der Waals surface area contributed by atoms with Gasteiger partial charge in [-0.05, 0) is 43.5 Å². The van der Waals surface area contributed by atoms with E-state index in [9.17, 15) is 27.9 Å². The highest BCUT2D eigenvalue weighted by Crippen LogP contribution is 2.31. The summed E-state index contributed by atoms with van der Waals surface area (Å²) in [5, 5.41) is 9.39. The molecule has 1 amide bonds. The quantitative estimate of drug-likeness (QED) is 0.615. The molecule has 0 radical (unpaired) electrons. The Hall–Kier alpha value is -3.46. The van der Waals surface area contributed by atoms with E-state index in [2.05, 4.69) is 4.98 Å². The van der Waals surface area contributed by atoms with E-state index in [1.807, 2.05) is 24.3 Å². The first-order valence-corrected chi connectivity index (χ1v) is 11.0. The van der Waals surface area contributed by atoms with Gasteiger partial charge < -0.3 is 10.0 Å². The van der Waals surface area contributed by atoms with Gasteiger partial charge in [-0.25, -0.2) is 4.98 Å². The summed E-state index contributed by atoms with van der Waals surface area (Å²) >= 11 is 0. The van der Waals surface area contributed by atoms with E-state index in [1.54, 1.807) is 11.8 Å². The van der Waals surface area contributed by atoms with Crippen LogP contribution < -0.4 is 10.5 Å². The summed E-state index contributed by atoms with van der Waals surface area (Å²) in [5.74, 6) is -0.209. The Morgan fingerprint density at radius 2 is 1.82 bits per heavy atom. The monoisotopic (exact) mass is 471 g/mol. The maximum atomic E-state index is 13.3. The number of hydrogen-bond acceptors (Lipinski definition) is 4. The largest absolute Gasteiger partial charge is 0.416 e. The molecule has 4 rings (SSSR count). The predicted molar refractivity (Wildman–Crippen MR) is 122 cm³/mol. The van der Waals surface area contributed by atoms with Gasteiger partial charge >= 0.3 is 6.18 Å². The molecule has 1 aliphatic rings. The number of carbonyl (C=O) groups excluding carboxylic acids is 1. The molecule has 9 heteroatoms. The Bertz CT molecular complexity index is 1270. The Kier molecular flexibility index (Phi) is 6.56. The minimum Gasteiger partial charge on any atom is -0.396 e. The number of para-hydroxylation sites is 1. The number of anilines is 1. The van der Waals surface area contributed by atoms with Crippen LogP contribution in [0.5, 0.6) is 0 Å². The van der Waals surface area contributed by atoms with E-state index in [4.69, 9.17) is 0 Å². The van der Waals surface area contributed by atoms with E-state index in [0.717, 1.165) is 36.2 Å². The first-order chi connectivity index (χ1) is 16.2. The SMILES string of the molecule is Cc1nc(-c2ccc(C(F)(F)F)cc2)n(CC(=O)N2CCCc3ccccc32)c(=O)c1CCO. The lowest BCUT2D eigenvalue weighted by molar-refractivity contribution is -0.137. The predicted octanol–water partition coefficient (Wildman–Crippen LogP) is 3.75. The zero-order valence-electron chi connectivity index (χ0n) is 18.6. The second kappa shape index (κ2) is 9.42. The average molecular weight is 471 g/mol. The lowest BCUT2D eigenvalue weighted by atomic mass is 10.0. The molecule has 1 N–H and O–H groups in total. The molecule has 0 fully saturated rings. The molecule has 3 aromatic rings. The third-order valence-electron chi connectivity index (χ3n) is 6.01. The molecule has 1 aliphatic heterocycles. The van der Waals surface area contributed by atoms with E-state index in [-0.39, 0.29) is 42.4 Å². The van der Waals surface area contributed by atoms with Crippen LogP contribution in [0.15, 0.2) is 53.3 Å². The van der Waals surface area contributed by atoms with Gasteiger partial charge in [0.15, 0.2) is 0 Å². The molecule has 0 saturated heterocycles. The number of halogens is 3. The van der Waals surface area contributed by atoms with Gasteiger partial charge in [0.1, 0.15) is 12.4 Å². The van der Waals surface area contributed by atoms with Crippen LogP contribution in [-0.2, 0) is 30.4 Å². The first kappa shape index (κ1) is 23.7.